The summed E-state index contributed by atoms with van der Waals surface area (Å²) >= 11 is 1.65. The molecule has 1 atom stereocenters. The summed E-state index contributed by atoms with van der Waals surface area (Å²) in [5, 5.41) is 6.45. The van der Waals surface area contributed by atoms with Crippen LogP contribution in [0.2, 0.25) is 0 Å². The number of fused-ring (bicyclic) bond motifs is 1. The van der Waals surface area contributed by atoms with Gasteiger partial charge in [-0.05, 0) is 43.4 Å². The third-order valence-corrected chi connectivity index (χ3v) is 4.46. The first kappa shape index (κ1) is 13.6. The number of ether oxygens (including phenoxy) is 1. The van der Waals surface area contributed by atoms with E-state index in [1.165, 1.54) is 36.0 Å². The lowest BCUT2D eigenvalue weighted by molar-refractivity contribution is 0.190. The third kappa shape index (κ3) is 2.86. The smallest absolute Gasteiger partial charge is 0.183 e. The Bertz CT molecular complexity index is 594. The second kappa shape index (κ2) is 5.94. The number of hydrogen-bond donors (Lipinski definition) is 1. The minimum Gasteiger partial charge on any atom is -0.383 e. The van der Waals surface area contributed by atoms with E-state index in [4.69, 9.17) is 4.74 Å². The van der Waals surface area contributed by atoms with Crippen LogP contribution in [0.3, 0.4) is 0 Å². The van der Waals surface area contributed by atoms with E-state index in [0.29, 0.717) is 6.61 Å². The zero-order chi connectivity index (χ0) is 13.9. The Balaban J connectivity index is 1.76. The van der Waals surface area contributed by atoms with Crippen LogP contribution < -0.4 is 5.32 Å². The number of benzene rings is 1. The molecule has 0 unspecified atom stereocenters. The quantitative estimate of drug-likeness (QED) is 0.910. The van der Waals surface area contributed by atoms with Gasteiger partial charge in [-0.1, -0.05) is 12.1 Å². The lowest BCUT2D eigenvalue weighted by Crippen LogP contribution is -2.20. The van der Waals surface area contributed by atoms with Crippen molar-refractivity contribution in [1.82, 2.24) is 4.98 Å². The fourth-order valence-electron chi connectivity index (χ4n) is 2.71. The predicted octanol–water partition coefficient (Wildman–Crippen LogP) is 3.75. The van der Waals surface area contributed by atoms with E-state index in [1.54, 1.807) is 18.4 Å². The summed E-state index contributed by atoms with van der Waals surface area (Å²) < 4.78 is 5.13. The van der Waals surface area contributed by atoms with Gasteiger partial charge in [0.25, 0.3) is 0 Å². The van der Waals surface area contributed by atoms with Gasteiger partial charge in [0.2, 0.25) is 0 Å². The second-order valence-corrected chi connectivity index (χ2v) is 6.23. The van der Waals surface area contributed by atoms with Gasteiger partial charge in [-0.25, -0.2) is 4.98 Å². The van der Waals surface area contributed by atoms with E-state index in [-0.39, 0.29) is 6.04 Å². The van der Waals surface area contributed by atoms with Crippen molar-refractivity contribution in [3.8, 4) is 11.3 Å². The van der Waals surface area contributed by atoms with E-state index in [2.05, 4.69) is 40.8 Å². The van der Waals surface area contributed by atoms with E-state index in [0.717, 1.165) is 10.8 Å². The predicted molar refractivity (Wildman–Crippen MR) is 84.5 cm³/mol. The number of nitrogens with zero attached hydrogens (tertiary/aromatic N) is 1. The topological polar surface area (TPSA) is 34.1 Å². The number of anilines is 1. The Morgan fingerprint density at radius 1 is 1.35 bits per heavy atom. The van der Waals surface area contributed by atoms with Crippen LogP contribution in [0, 0.1) is 0 Å². The van der Waals surface area contributed by atoms with Crippen LogP contribution in [0.4, 0.5) is 5.13 Å². The average molecular weight is 288 g/mol. The zero-order valence-electron chi connectivity index (χ0n) is 12.0. The van der Waals surface area contributed by atoms with Crippen molar-refractivity contribution in [3.63, 3.8) is 0 Å². The van der Waals surface area contributed by atoms with E-state index in [1.807, 2.05) is 0 Å². The molecule has 1 aliphatic rings. The molecule has 106 valence electrons. The Kier molecular flexibility index (Phi) is 4.03. The lowest BCUT2D eigenvalue weighted by Gasteiger charge is -2.10. The first-order valence-electron chi connectivity index (χ1n) is 7.09. The molecule has 3 nitrogen and oxygen atoms in total. The van der Waals surface area contributed by atoms with Gasteiger partial charge in [-0.15, -0.1) is 11.3 Å². The number of rotatable bonds is 5. The molecule has 1 aromatic carbocycles. The van der Waals surface area contributed by atoms with Gasteiger partial charge in [0.1, 0.15) is 0 Å². The maximum Gasteiger partial charge on any atom is 0.183 e. The highest BCUT2D eigenvalue weighted by atomic mass is 32.1. The Morgan fingerprint density at radius 2 is 2.20 bits per heavy atom. The molecule has 0 saturated carbocycles. The second-order valence-electron chi connectivity index (χ2n) is 5.38. The summed E-state index contributed by atoms with van der Waals surface area (Å²) in [7, 11) is 1.72. The molecule has 1 aliphatic carbocycles. The van der Waals surface area contributed by atoms with Gasteiger partial charge < -0.3 is 10.1 Å². The molecule has 20 heavy (non-hydrogen) atoms. The highest BCUT2D eigenvalue weighted by molar-refractivity contribution is 7.14. The first-order chi connectivity index (χ1) is 9.76. The normalized spacial score (nSPS) is 15.1. The average Bonchev–Trinajstić information content (AvgIpc) is 3.06. The molecule has 1 aromatic heterocycles. The summed E-state index contributed by atoms with van der Waals surface area (Å²) in [4.78, 5) is 4.68. The van der Waals surface area contributed by atoms with Crippen molar-refractivity contribution in [2.45, 2.75) is 32.2 Å². The minimum atomic E-state index is 0.277. The highest BCUT2D eigenvalue weighted by Crippen LogP contribution is 2.30. The van der Waals surface area contributed by atoms with Crippen molar-refractivity contribution in [3.05, 3.63) is 34.7 Å². The molecule has 0 amide bonds. The number of hydrogen-bond acceptors (Lipinski definition) is 4. The molecular formula is C16H20N2OS. The Labute approximate surface area is 124 Å². The summed E-state index contributed by atoms with van der Waals surface area (Å²) in [5.74, 6) is 0. The number of thiazole rings is 1. The molecule has 0 spiro atoms. The number of methoxy groups -OCH3 is 1. The first-order valence-corrected chi connectivity index (χ1v) is 7.97. The lowest BCUT2D eigenvalue weighted by atomic mass is 10.1. The fourth-order valence-corrected chi connectivity index (χ4v) is 3.54. The van der Waals surface area contributed by atoms with Gasteiger partial charge >= 0.3 is 0 Å². The molecule has 0 aliphatic heterocycles. The van der Waals surface area contributed by atoms with Crippen LogP contribution in [-0.2, 0) is 17.6 Å². The van der Waals surface area contributed by atoms with Crippen LogP contribution in [0.15, 0.2) is 23.6 Å². The van der Waals surface area contributed by atoms with Crippen LogP contribution >= 0.6 is 11.3 Å². The van der Waals surface area contributed by atoms with Crippen molar-refractivity contribution in [1.29, 1.82) is 0 Å². The van der Waals surface area contributed by atoms with E-state index in [9.17, 15) is 0 Å². The van der Waals surface area contributed by atoms with Crippen molar-refractivity contribution < 1.29 is 4.74 Å². The Hall–Kier alpha value is -1.39. The maximum atomic E-state index is 5.13. The van der Waals surface area contributed by atoms with Gasteiger partial charge in [0.15, 0.2) is 5.13 Å². The Morgan fingerprint density at radius 3 is 3.05 bits per heavy atom. The van der Waals surface area contributed by atoms with Crippen LogP contribution in [0.25, 0.3) is 11.3 Å². The molecule has 1 N–H and O–H groups in total. The molecule has 4 heteroatoms. The van der Waals surface area contributed by atoms with E-state index < -0.39 is 0 Å². The number of nitrogens with one attached hydrogen (secondary N) is 1. The molecule has 0 radical (unpaired) electrons. The van der Waals surface area contributed by atoms with Crippen molar-refractivity contribution in [2.75, 3.05) is 19.0 Å². The van der Waals surface area contributed by atoms with Gasteiger partial charge in [-0.3, -0.25) is 0 Å². The molecule has 2 aromatic rings. The summed E-state index contributed by atoms with van der Waals surface area (Å²) in [6.07, 6.45) is 3.73. The van der Waals surface area contributed by atoms with Crippen molar-refractivity contribution in [2.24, 2.45) is 0 Å². The highest BCUT2D eigenvalue weighted by Gasteiger charge is 2.13. The SMILES string of the molecule is COC[C@H](C)Nc1nc(-c2ccc3c(c2)CCC3)cs1. The standard InChI is InChI=1S/C16H20N2OS/c1-11(9-19-2)17-16-18-15(10-20-16)14-7-6-12-4-3-5-13(12)8-14/h6-8,10-11H,3-5,9H2,1-2H3,(H,17,18)/t11-/m0/s1. The maximum absolute atomic E-state index is 5.13. The van der Waals surface area contributed by atoms with Crippen LogP contribution in [0.5, 0.6) is 0 Å². The fraction of sp³-hybridized carbons (Fsp3) is 0.438. The van der Waals surface area contributed by atoms with Crippen molar-refractivity contribution >= 4 is 16.5 Å². The summed E-state index contributed by atoms with van der Waals surface area (Å²) in [6, 6.07) is 7.04. The monoisotopic (exact) mass is 288 g/mol. The minimum absolute atomic E-state index is 0.277. The molecule has 1 heterocycles. The summed E-state index contributed by atoms with van der Waals surface area (Å²) in [5.41, 5.74) is 5.31. The molecule has 0 saturated heterocycles. The van der Waals surface area contributed by atoms with Gasteiger partial charge in [0, 0.05) is 24.1 Å². The van der Waals surface area contributed by atoms with Crippen LogP contribution in [0.1, 0.15) is 24.5 Å². The largest absolute Gasteiger partial charge is 0.383 e. The number of aryl methyl sites for hydroxylation is 2. The van der Waals surface area contributed by atoms with Gasteiger partial charge in [-0.2, -0.15) is 0 Å². The molecular weight excluding hydrogens is 268 g/mol. The zero-order valence-corrected chi connectivity index (χ0v) is 12.8. The summed E-state index contributed by atoms with van der Waals surface area (Å²) in [6.45, 7) is 2.79. The molecule has 0 fully saturated rings. The molecule has 3 rings (SSSR count). The van der Waals surface area contributed by atoms with Gasteiger partial charge in [0.05, 0.1) is 12.3 Å². The molecule has 0 bridgehead atoms. The third-order valence-electron chi connectivity index (χ3n) is 3.68. The number of aromatic nitrogens is 1. The van der Waals surface area contributed by atoms with E-state index >= 15 is 0 Å². The van der Waals surface area contributed by atoms with Crippen LogP contribution in [-0.4, -0.2) is 24.7 Å².